The average molecular weight is 519 g/mol. The molecule has 0 radical (unpaired) electrons. The Labute approximate surface area is 218 Å². The van der Waals surface area contributed by atoms with E-state index in [2.05, 4.69) is 10.5 Å². The SMILES string of the molecule is C#CC(=O)Oc1ccc(-c2ccc(-c3onc(C)c3N[C@@H](C)CCc3cccc(C(F)(F)F)c3)cc2)cc1. The van der Waals surface area contributed by atoms with Crippen LogP contribution < -0.4 is 10.1 Å². The summed E-state index contributed by atoms with van der Waals surface area (Å²) in [6.07, 6.45) is 1.78. The van der Waals surface area contributed by atoms with Crippen LogP contribution in [0.5, 0.6) is 5.75 Å². The van der Waals surface area contributed by atoms with Crippen LogP contribution in [0.15, 0.2) is 77.3 Å². The Morgan fingerprint density at radius 1 is 1.05 bits per heavy atom. The zero-order valence-corrected chi connectivity index (χ0v) is 20.8. The van der Waals surface area contributed by atoms with Gasteiger partial charge in [0.05, 0.1) is 5.56 Å². The number of carbonyl (C=O) groups is 1. The van der Waals surface area contributed by atoms with Gasteiger partial charge in [0.15, 0.2) is 5.76 Å². The Hall–Kier alpha value is -4.51. The van der Waals surface area contributed by atoms with Crippen molar-refractivity contribution in [3.05, 3.63) is 89.6 Å². The summed E-state index contributed by atoms with van der Waals surface area (Å²) >= 11 is 0. The number of halogens is 3. The minimum atomic E-state index is -4.36. The van der Waals surface area contributed by atoms with Crippen LogP contribution in [-0.2, 0) is 17.4 Å². The molecule has 194 valence electrons. The molecule has 0 fully saturated rings. The first-order valence-electron chi connectivity index (χ1n) is 11.9. The molecule has 0 saturated carbocycles. The van der Waals surface area contributed by atoms with E-state index in [1.165, 1.54) is 12.1 Å². The largest absolute Gasteiger partial charge is 0.417 e. The minimum absolute atomic E-state index is 0.0391. The minimum Gasteiger partial charge on any atom is -0.417 e. The molecule has 1 atom stereocenters. The van der Waals surface area contributed by atoms with Gasteiger partial charge in [0.1, 0.15) is 17.1 Å². The molecule has 1 heterocycles. The number of ether oxygens (including phenoxy) is 1. The highest BCUT2D eigenvalue weighted by Crippen LogP contribution is 2.34. The Balaban J connectivity index is 1.43. The molecule has 8 heteroatoms. The zero-order valence-electron chi connectivity index (χ0n) is 20.8. The fourth-order valence-electron chi connectivity index (χ4n) is 4.01. The second-order valence-corrected chi connectivity index (χ2v) is 8.89. The van der Waals surface area contributed by atoms with E-state index in [0.717, 1.165) is 28.4 Å². The molecule has 0 bridgehead atoms. The Morgan fingerprint density at radius 2 is 1.68 bits per heavy atom. The molecule has 0 aliphatic rings. The van der Waals surface area contributed by atoms with Crippen molar-refractivity contribution in [2.24, 2.45) is 0 Å². The lowest BCUT2D eigenvalue weighted by Crippen LogP contribution is -2.17. The lowest BCUT2D eigenvalue weighted by atomic mass is 10.0. The molecule has 5 nitrogen and oxygen atoms in total. The molecular weight excluding hydrogens is 493 g/mol. The van der Waals surface area contributed by atoms with Crippen molar-refractivity contribution < 1.29 is 27.2 Å². The van der Waals surface area contributed by atoms with E-state index < -0.39 is 17.7 Å². The summed E-state index contributed by atoms with van der Waals surface area (Å²) in [6, 6.07) is 20.1. The van der Waals surface area contributed by atoms with Crippen molar-refractivity contribution in [2.75, 3.05) is 5.32 Å². The second kappa shape index (κ2) is 11.3. The van der Waals surface area contributed by atoms with Gasteiger partial charge < -0.3 is 14.6 Å². The van der Waals surface area contributed by atoms with Crippen LogP contribution in [0.1, 0.15) is 30.2 Å². The molecule has 0 aliphatic carbocycles. The number of hydrogen-bond donors (Lipinski definition) is 1. The van der Waals surface area contributed by atoms with Gasteiger partial charge in [0, 0.05) is 17.5 Å². The zero-order chi connectivity index (χ0) is 27.3. The first-order valence-corrected chi connectivity index (χ1v) is 11.9. The van der Waals surface area contributed by atoms with Crippen molar-refractivity contribution in [1.29, 1.82) is 0 Å². The summed E-state index contributed by atoms with van der Waals surface area (Å²) in [6.45, 7) is 3.80. The van der Waals surface area contributed by atoms with Crippen LogP contribution in [0.25, 0.3) is 22.5 Å². The maximum atomic E-state index is 13.0. The smallest absolute Gasteiger partial charge is 0.416 e. The highest BCUT2D eigenvalue weighted by Gasteiger charge is 2.30. The van der Waals surface area contributed by atoms with Gasteiger partial charge in [0.2, 0.25) is 0 Å². The Bertz CT molecular complexity index is 1450. The van der Waals surface area contributed by atoms with Crippen molar-refractivity contribution in [1.82, 2.24) is 5.16 Å². The van der Waals surface area contributed by atoms with Gasteiger partial charge >= 0.3 is 12.1 Å². The van der Waals surface area contributed by atoms with Gasteiger partial charge in [0.25, 0.3) is 0 Å². The number of anilines is 1. The van der Waals surface area contributed by atoms with E-state index >= 15 is 0 Å². The Kier molecular flexibility index (Phi) is 7.87. The molecule has 0 amide bonds. The third-order valence-corrected chi connectivity index (χ3v) is 6.04. The van der Waals surface area contributed by atoms with Crippen LogP contribution in [0.2, 0.25) is 0 Å². The van der Waals surface area contributed by atoms with Gasteiger partial charge in [-0.1, -0.05) is 59.8 Å². The number of nitrogens with one attached hydrogen (secondary N) is 1. The van der Waals surface area contributed by atoms with E-state index in [-0.39, 0.29) is 6.04 Å². The van der Waals surface area contributed by atoms with Crippen LogP contribution in [0.3, 0.4) is 0 Å². The molecular formula is C30H25F3N2O3. The van der Waals surface area contributed by atoms with E-state index in [0.29, 0.717) is 35.6 Å². The first kappa shape index (κ1) is 26.6. The predicted octanol–water partition coefficient (Wildman–Crippen LogP) is 7.31. The lowest BCUT2D eigenvalue weighted by Gasteiger charge is -2.16. The lowest BCUT2D eigenvalue weighted by molar-refractivity contribution is -0.137. The van der Waals surface area contributed by atoms with Gasteiger partial charge in [-0.15, -0.1) is 6.42 Å². The number of rotatable bonds is 8. The van der Waals surface area contributed by atoms with Gasteiger partial charge in [-0.2, -0.15) is 13.2 Å². The number of alkyl halides is 3. The van der Waals surface area contributed by atoms with Crippen molar-refractivity contribution in [2.45, 2.75) is 38.9 Å². The number of nitrogens with zero attached hydrogens (tertiary/aromatic N) is 1. The fourth-order valence-corrected chi connectivity index (χ4v) is 4.01. The summed E-state index contributed by atoms with van der Waals surface area (Å²) in [5.74, 6) is 2.10. The summed E-state index contributed by atoms with van der Waals surface area (Å²) < 4.78 is 49.6. The molecule has 0 saturated heterocycles. The first-order chi connectivity index (χ1) is 18.1. The van der Waals surface area contributed by atoms with Crippen LogP contribution in [0.4, 0.5) is 18.9 Å². The number of esters is 1. The number of aryl methyl sites for hydroxylation is 2. The maximum Gasteiger partial charge on any atom is 0.416 e. The van der Waals surface area contributed by atoms with E-state index in [4.69, 9.17) is 15.7 Å². The van der Waals surface area contributed by atoms with Gasteiger partial charge in [-0.25, -0.2) is 4.79 Å². The summed E-state index contributed by atoms with van der Waals surface area (Å²) in [5, 5.41) is 7.52. The van der Waals surface area contributed by atoms with Crippen molar-refractivity contribution in [3.63, 3.8) is 0 Å². The van der Waals surface area contributed by atoms with E-state index in [9.17, 15) is 18.0 Å². The molecule has 0 unspecified atom stereocenters. The number of aromatic nitrogens is 1. The monoisotopic (exact) mass is 518 g/mol. The summed E-state index contributed by atoms with van der Waals surface area (Å²) in [7, 11) is 0. The number of hydrogen-bond acceptors (Lipinski definition) is 5. The van der Waals surface area contributed by atoms with Gasteiger partial charge in [-0.3, -0.25) is 0 Å². The standard InChI is InChI=1S/C30H25F3N2O3/c1-4-27(36)37-26-16-14-23(15-17-26)22-10-12-24(13-11-22)29-28(20(3)35-38-29)34-19(2)8-9-21-6-5-7-25(18-21)30(31,32)33/h1,5-7,10-19,34H,8-9H2,2-3H3/t19-/m0/s1. The maximum absolute atomic E-state index is 13.0. The van der Waals surface area contributed by atoms with Gasteiger partial charge in [-0.05, 0) is 61.6 Å². The molecule has 4 rings (SSSR count). The number of benzene rings is 3. The summed E-state index contributed by atoms with van der Waals surface area (Å²) in [4.78, 5) is 11.2. The highest BCUT2D eigenvalue weighted by molar-refractivity contribution is 5.89. The topological polar surface area (TPSA) is 64.4 Å². The number of terminal acetylenes is 1. The highest BCUT2D eigenvalue weighted by atomic mass is 19.4. The average Bonchev–Trinajstić information content (AvgIpc) is 3.27. The molecule has 0 spiro atoms. The third kappa shape index (κ3) is 6.43. The van der Waals surface area contributed by atoms with Crippen molar-refractivity contribution >= 4 is 11.7 Å². The number of carbonyl (C=O) groups excluding carboxylic acids is 1. The normalized spacial score (nSPS) is 12.0. The van der Waals surface area contributed by atoms with E-state index in [1.807, 2.05) is 56.2 Å². The molecule has 4 aromatic rings. The quantitative estimate of drug-likeness (QED) is 0.115. The van der Waals surface area contributed by atoms with Crippen LogP contribution >= 0.6 is 0 Å². The van der Waals surface area contributed by atoms with Crippen LogP contribution in [0, 0.1) is 19.3 Å². The molecule has 1 aromatic heterocycles. The molecule has 1 N–H and O–H groups in total. The fraction of sp³-hybridized carbons (Fsp3) is 0.200. The third-order valence-electron chi connectivity index (χ3n) is 6.04. The van der Waals surface area contributed by atoms with Crippen molar-refractivity contribution in [3.8, 4) is 40.5 Å². The Morgan fingerprint density at radius 3 is 2.32 bits per heavy atom. The van der Waals surface area contributed by atoms with E-state index in [1.54, 1.807) is 18.2 Å². The molecule has 38 heavy (non-hydrogen) atoms. The summed E-state index contributed by atoms with van der Waals surface area (Å²) in [5.41, 5.74) is 4.12. The predicted molar refractivity (Wildman–Crippen MR) is 139 cm³/mol. The second-order valence-electron chi connectivity index (χ2n) is 8.89. The molecule has 0 aliphatic heterocycles. The van der Waals surface area contributed by atoms with Crippen LogP contribution in [-0.4, -0.2) is 17.2 Å². The molecule has 3 aromatic carbocycles.